The third-order valence-electron chi connectivity index (χ3n) is 5.45. The van der Waals surface area contributed by atoms with E-state index in [1.165, 1.54) is 6.42 Å². The maximum Gasteiger partial charge on any atom is 0.500 e. The van der Waals surface area contributed by atoms with Crippen molar-refractivity contribution >= 4 is 17.4 Å². The first-order valence-electron chi connectivity index (χ1n) is 11.3. The third-order valence-corrected chi connectivity index (χ3v) is 11.3. The zero-order valence-corrected chi connectivity index (χ0v) is 22.7. The van der Waals surface area contributed by atoms with Crippen molar-refractivity contribution in [1.29, 1.82) is 0 Å². The van der Waals surface area contributed by atoms with Gasteiger partial charge in [-0.2, -0.15) is 0 Å². The molecule has 0 aliphatic rings. The van der Waals surface area contributed by atoms with E-state index in [9.17, 15) is 5.11 Å². The van der Waals surface area contributed by atoms with Crippen LogP contribution in [0.1, 0.15) is 32.1 Å². The molecule has 0 aromatic carbocycles. The minimum atomic E-state index is -2.52. The van der Waals surface area contributed by atoms with Gasteiger partial charge in [-0.1, -0.05) is 6.42 Å². The van der Waals surface area contributed by atoms with Crippen molar-refractivity contribution in [1.82, 2.24) is 10.6 Å². The van der Waals surface area contributed by atoms with Crippen LogP contribution < -0.4 is 10.6 Å². The lowest BCUT2D eigenvalue weighted by Gasteiger charge is -2.24. The number of hydrogen-bond donors (Lipinski definition) is 3. The van der Waals surface area contributed by atoms with Crippen LogP contribution in [0.5, 0.6) is 0 Å². The Balaban J connectivity index is 3.46. The zero-order chi connectivity index (χ0) is 23.4. The highest BCUT2D eigenvalue weighted by molar-refractivity contribution is 6.65. The quantitative estimate of drug-likeness (QED) is 0.148. The van der Waals surface area contributed by atoms with Gasteiger partial charge < -0.3 is 42.6 Å². The number of unbranched alkanes of at least 4 members (excludes halogenated alkanes) is 2. The van der Waals surface area contributed by atoms with Gasteiger partial charge in [-0.15, -0.1) is 0 Å². The standard InChI is InChI=1S/C20H48N2O7Si2/c1-24-30(6,25-2)16-10-14-21-12-8-7-9-13-22-18-20(23)19-29-15-11-17-31(26-3,27-4)28-5/h20-23H,7-19H2,1-6H3. The molecule has 0 aromatic heterocycles. The lowest BCUT2D eigenvalue weighted by molar-refractivity contribution is 0.0352. The average molecular weight is 485 g/mol. The van der Waals surface area contributed by atoms with E-state index < -0.39 is 23.5 Å². The van der Waals surface area contributed by atoms with E-state index in [1.54, 1.807) is 35.5 Å². The molecule has 0 aliphatic carbocycles. The van der Waals surface area contributed by atoms with Crippen LogP contribution >= 0.6 is 0 Å². The van der Waals surface area contributed by atoms with Gasteiger partial charge in [0.2, 0.25) is 0 Å². The Morgan fingerprint density at radius 1 is 0.710 bits per heavy atom. The van der Waals surface area contributed by atoms with Crippen LogP contribution in [-0.4, -0.2) is 104 Å². The Morgan fingerprint density at radius 3 is 1.87 bits per heavy atom. The summed E-state index contributed by atoms with van der Waals surface area (Å²) in [6.07, 6.45) is 4.79. The fourth-order valence-electron chi connectivity index (χ4n) is 3.12. The minimum Gasteiger partial charge on any atom is -0.398 e. The van der Waals surface area contributed by atoms with Gasteiger partial charge in [0.25, 0.3) is 0 Å². The summed E-state index contributed by atoms with van der Waals surface area (Å²) in [5.41, 5.74) is 0. The molecule has 3 N–H and O–H groups in total. The molecule has 0 rings (SSSR count). The summed E-state index contributed by atoms with van der Waals surface area (Å²) in [7, 11) is 3.86. The molecule has 0 aliphatic heterocycles. The summed E-state index contributed by atoms with van der Waals surface area (Å²) in [5, 5.41) is 16.8. The Bertz CT molecular complexity index is 395. The molecule has 0 fully saturated rings. The molecule has 1 unspecified atom stereocenters. The van der Waals surface area contributed by atoms with Gasteiger partial charge in [0, 0.05) is 54.7 Å². The first-order chi connectivity index (χ1) is 14.9. The summed E-state index contributed by atoms with van der Waals surface area (Å²) in [4.78, 5) is 0. The van der Waals surface area contributed by atoms with Crippen molar-refractivity contribution in [2.75, 3.05) is 74.9 Å². The smallest absolute Gasteiger partial charge is 0.398 e. The molecule has 31 heavy (non-hydrogen) atoms. The van der Waals surface area contributed by atoms with Crippen LogP contribution in [0.15, 0.2) is 0 Å². The molecule has 0 amide bonds. The highest BCUT2D eigenvalue weighted by atomic mass is 28.4. The van der Waals surface area contributed by atoms with E-state index in [4.69, 9.17) is 26.9 Å². The molecule has 0 saturated carbocycles. The van der Waals surface area contributed by atoms with E-state index >= 15 is 0 Å². The molecule has 188 valence electrons. The van der Waals surface area contributed by atoms with E-state index in [2.05, 4.69) is 17.2 Å². The fourth-order valence-corrected chi connectivity index (χ4v) is 6.20. The first-order valence-corrected chi connectivity index (χ1v) is 15.8. The van der Waals surface area contributed by atoms with Crippen molar-refractivity contribution in [3.8, 4) is 0 Å². The van der Waals surface area contributed by atoms with Crippen molar-refractivity contribution in [3.63, 3.8) is 0 Å². The van der Waals surface area contributed by atoms with Crippen LogP contribution in [0.4, 0.5) is 0 Å². The predicted molar refractivity (Wildman–Crippen MR) is 128 cm³/mol. The highest BCUT2D eigenvalue weighted by Gasteiger charge is 2.36. The molecular weight excluding hydrogens is 436 g/mol. The number of ether oxygens (including phenoxy) is 1. The van der Waals surface area contributed by atoms with Gasteiger partial charge in [-0.3, -0.25) is 0 Å². The lowest BCUT2D eigenvalue weighted by Crippen LogP contribution is -2.42. The zero-order valence-electron chi connectivity index (χ0n) is 20.7. The molecule has 1 atom stereocenters. The van der Waals surface area contributed by atoms with Crippen LogP contribution in [-0.2, 0) is 26.9 Å². The number of aliphatic hydroxyl groups is 1. The topological polar surface area (TPSA) is 99.7 Å². The Labute approximate surface area is 192 Å². The van der Waals surface area contributed by atoms with Crippen LogP contribution in [0, 0.1) is 0 Å². The molecule has 9 nitrogen and oxygen atoms in total. The molecule has 0 heterocycles. The van der Waals surface area contributed by atoms with Crippen molar-refractivity contribution in [2.24, 2.45) is 0 Å². The maximum atomic E-state index is 9.99. The number of rotatable bonds is 23. The van der Waals surface area contributed by atoms with Crippen LogP contribution in [0.25, 0.3) is 0 Å². The van der Waals surface area contributed by atoms with Crippen molar-refractivity contribution < 1.29 is 32.0 Å². The monoisotopic (exact) mass is 484 g/mol. The Kier molecular flexibility index (Phi) is 19.6. The predicted octanol–water partition coefficient (Wildman–Crippen LogP) is 1.74. The van der Waals surface area contributed by atoms with Gasteiger partial charge in [0.1, 0.15) is 0 Å². The van der Waals surface area contributed by atoms with E-state index in [-0.39, 0.29) is 0 Å². The van der Waals surface area contributed by atoms with E-state index in [0.717, 1.165) is 51.4 Å². The van der Waals surface area contributed by atoms with Gasteiger partial charge in [0.15, 0.2) is 0 Å². The second-order valence-corrected chi connectivity index (χ2v) is 14.5. The number of nitrogens with one attached hydrogen (secondary N) is 2. The van der Waals surface area contributed by atoms with E-state index in [0.29, 0.717) is 25.8 Å². The summed E-state index contributed by atoms with van der Waals surface area (Å²) in [5.74, 6) is 0. The summed E-state index contributed by atoms with van der Waals surface area (Å²) in [6, 6.07) is 1.71. The fraction of sp³-hybridized carbons (Fsp3) is 1.00. The highest BCUT2D eigenvalue weighted by Crippen LogP contribution is 2.15. The van der Waals surface area contributed by atoms with Gasteiger partial charge in [-0.05, 0) is 57.9 Å². The number of hydrogen-bond acceptors (Lipinski definition) is 9. The SMILES string of the molecule is CO[Si](C)(CCCNCCCCCNCC(O)COCCC[Si](OC)(OC)OC)OC. The third kappa shape index (κ3) is 15.5. The van der Waals surface area contributed by atoms with Crippen LogP contribution in [0.2, 0.25) is 18.6 Å². The molecule has 0 aromatic rings. The maximum absolute atomic E-state index is 9.99. The van der Waals surface area contributed by atoms with Gasteiger partial charge in [0.05, 0.1) is 12.7 Å². The molecule has 0 saturated heterocycles. The van der Waals surface area contributed by atoms with Gasteiger partial charge in [-0.25, -0.2) is 0 Å². The second-order valence-electron chi connectivity index (χ2n) is 7.79. The number of aliphatic hydroxyl groups excluding tert-OH is 1. The van der Waals surface area contributed by atoms with E-state index in [1.807, 2.05) is 0 Å². The Hall–Kier alpha value is 0.0738. The van der Waals surface area contributed by atoms with Crippen molar-refractivity contribution in [2.45, 2.75) is 56.8 Å². The Morgan fingerprint density at radius 2 is 1.29 bits per heavy atom. The first kappa shape index (κ1) is 31.1. The average Bonchev–Trinajstić information content (AvgIpc) is 2.80. The summed E-state index contributed by atoms with van der Waals surface area (Å²) >= 11 is 0. The molecule has 11 heteroatoms. The van der Waals surface area contributed by atoms with Gasteiger partial charge >= 0.3 is 17.4 Å². The minimum absolute atomic E-state index is 0.326. The molecule has 0 bridgehead atoms. The largest absolute Gasteiger partial charge is 0.500 e. The summed E-state index contributed by atoms with van der Waals surface area (Å²) in [6.45, 7) is 6.47. The second kappa shape index (κ2) is 19.5. The molecular formula is C20H48N2O7Si2. The molecule has 0 spiro atoms. The lowest BCUT2D eigenvalue weighted by atomic mass is 10.2. The van der Waals surface area contributed by atoms with Crippen LogP contribution in [0.3, 0.4) is 0 Å². The normalized spacial score (nSPS) is 13.6. The van der Waals surface area contributed by atoms with Crippen molar-refractivity contribution in [3.05, 3.63) is 0 Å². The summed E-state index contributed by atoms with van der Waals surface area (Å²) < 4.78 is 32.6. The molecule has 0 radical (unpaired) electrons.